The van der Waals surface area contributed by atoms with Gasteiger partial charge in [-0.15, -0.1) is 0 Å². The maximum absolute atomic E-state index is 5.79. The van der Waals surface area contributed by atoms with Crippen molar-refractivity contribution in [2.75, 3.05) is 88.7 Å². The molecule has 264 valence electrons. The normalized spacial score (nSPS) is 18.0. The molecular formula is C38H68I2N6. The van der Waals surface area contributed by atoms with Gasteiger partial charge >= 0.3 is 0 Å². The van der Waals surface area contributed by atoms with Gasteiger partial charge in [-0.05, 0) is 74.2 Å². The molecule has 2 heterocycles. The molecule has 0 aromatic heterocycles. The number of hydrogen-bond acceptors (Lipinski definition) is 4. The lowest BCUT2D eigenvalue weighted by Gasteiger charge is -2.36. The number of likely N-dealkylation sites (N-methyl/N-ethyl adjacent to an activating group) is 2. The molecule has 0 saturated carbocycles. The van der Waals surface area contributed by atoms with Crippen molar-refractivity contribution >= 4 is 22.7 Å². The summed E-state index contributed by atoms with van der Waals surface area (Å²) in [4.78, 5) is 5.03. The molecule has 2 saturated heterocycles. The van der Waals surface area contributed by atoms with Crippen molar-refractivity contribution in [3.63, 3.8) is 0 Å². The van der Waals surface area contributed by atoms with Crippen molar-refractivity contribution in [1.29, 1.82) is 0 Å². The van der Waals surface area contributed by atoms with Crippen LogP contribution in [-0.2, 0) is 0 Å². The van der Waals surface area contributed by atoms with Crippen LogP contribution in [0.15, 0.2) is 48.5 Å². The summed E-state index contributed by atoms with van der Waals surface area (Å²) in [5, 5.41) is 0. The second-order valence-electron chi connectivity index (χ2n) is 14.8. The smallest absolute Gasteiger partial charge is 0.108 e. The Morgan fingerprint density at radius 3 is 1.20 bits per heavy atom. The van der Waals surface area contributed by atoms with Crippen LogP contribution in [0.4, 0.5) is 22.7 Å². The fraction of sp³-hybridized carbons (Fsp3) is 0.684. The third-order valence-electron chi connectivity index (χ3n) is 10.5. The molecule has 2 atom stereocenters. The van der Waals surface area contributed by atoms with E-state index in [0.717, 1.165) is 32.4 Å². The summed E-state index contributed by atoms with van der Waals surface area (Å²) in [6.07, 6.45) is 16.4. The first-order valence-corrected chi connectivity index (χ1v) is 17.9. The Labute approximate surface area is 317 Å². The highest BCUT2D eigenvalue weighted by Crippen LogP contribution is 2.28. The number of nitrogens with two attached hydrogens (primary N) is 2. The molecule has 0 bridgehead atoms. The number of nitrogens with zero attached hydrogens (tertiary/aromatic N) is 4. The van der Waals surface area contributed by atoms with Crippen molar-refractivity contribution < 1.29 is 56.9 Å². The van der Waals surface area contributed by atoms with Crippen LogP contribution in [0.3, 0.4) is 0 Å². The standard InChI is InChI=1S/2C19H34N3.2HI/c2*1-4-5-6-7-8-15-22(2,3)19-13-14-21(16-19)18-11-9-17(20)10-12-18;;/h2*9-12,19H,4-8,13-16,20H2,1-3H3;2*1H/q2*+1;;/p-2. The first kappa shape index (κ1) is 43.0. The molecule has 46 heavy (non-hydrogen) atoms. The highest BCUT2D eigenvalue weighted by molar-refractivity contribution is 5.54. The highest BCUT2D eigenvalue weighted by atomic mass is 127. The lowest BCUT2D eigenvalue weighted by molar-refractivity contribution is -0.912. The first-order chi connectivity index (χ1) is 21.1. The summed E-state index contributed by atoms with van der Waals surface area (Å²) in [6.45, 7) is 11.9. The predicted molar refractivity (Wildman–Crippen MR) is 194 cm³/mol. The van der Waals surface area contributed by atoms with E-state index in [4.69, 9.17) is 11.5 Å². The van der Waals surface area contributed by atoms with E-state index < -0.39 is 0 Å². The Kier molecular flexibility index (Phi) is 20.5. The van der Waals surface area contributed by atoms with Crippen LogP contribution < -0.4 is 69.2 Å². The van der Waals surface area contributed by atoms with Crippen LogP contribution in [0.1, 0.15) is 90.9 Å². The maximum Gasteiger partial charge on any atom is 0.108 e. The molecule has 2 unspecified atom stereocenters. The van der Waals surface area contributed by atoms with Gasteiger partial charge in [0.15, 0.2) is 0 Å². The van der Waals surface area contributed by atoms with E-state index in [9.17, 15) is 0 Å². The van der Waals surface area contributed by atoms with Crippen molar-refractivity contribution in [2.45, 2.75) is 103 Å². The zero-order chi connectivity index (χ0) is 32.0. The Morgan fingerprint density at radius 1 is 0.543 bits per heavy atom. The fourth-order valence-corrected chi connectivity index (χ4v) is 7.07. The molecule has 4 rings (SSSR count). The average Bonchev–Trinajstić information content (AvgIpc) is 3.70. The summed E-state index contributed by atoms with van der Waals surface area (Å²) >= 11 is 0. The zero-order valence-electron chi connectivity index (χ0n) is 30.2. The van der Waals surface area contributed by atoms with Gasteiger partial charge in [-0.3, -0.25) is 0 Å². The van der Waals surface area contributed by atoms with Gasteiger partial charge in [-0.25, -0.2) is 0 Å². The summed E-state index contributed by atoms with van der Waals surface area (Å²) in [5.74, 6) is 0. The van der Waals surface area contributed by atoms with E-state index in [-0.39, 0.29) is 48.0 Å². The molecule has 2 fully saturated rings. The van der Waals surface area contributed by atoms with Crippen LogP contribution in [0.25, 0.3) is 0 Å². The molecule has 0 spiro atoms. The minimum Gasteiger partial charge on any atom is -1.00 e. The maximum atomic E-state index is 5.79. The molecular weight excluding hydrogens is 794 g/mol. The molecule has 0 aliphatic carbocycles. The summed E-state index contributed by atoms with van der Waals surface area (Å²) in [5.41, 5.74) is 15.9. The molecule has 4 N–H and O–H groups in total. The fourth-order valence-electron chi connectivity index (χ4n) is 7.07. The number of hydrogen-bond donors (Lipinski definition) is 2. The van der Waals surface area contributed by atoms with Gasteiger partial charge in [0, 0.05) is 48.7 Å². The minimum absolute atomic E-state index is 0. The summed E-state index contributed by atoms with van der Waals surface area (Å²) in [6, 6.07) is 18.2. The Balaban J connectivity index is 0.000000441. The van der Waals surface area contributed by atoms with Gasteiger partial charge < -0.3 is 78.2 Å². The molecule has 6 nitrogen and oxygen atoms in total. The lowest BCUT2D eigenvalue weighted by atomic mass is 10.1. The average molecular weight is 863 g/mol. The number of rotatable bonds is 16. The molecule has 2 aromatic rings. The van der Waals surface area contributed by atoms with Crippen LogP contribution >= 0.6 is 0 Å². The van der Waals surface area contributed by atoms with E-state index in [1.54, 1.807) is 0 Å². The Bertz CT molecular complexity index is 974. The van der Waals surface area contributed by atoms with E-state index in [0.29, 0.717) is 0 Å². The second-order valence-corrected chi connectivity index (χ2v) is 14.8. The van der Waals surface area contributed by atoms with Gasteiger partial charge in [0.2, 0.25) is 0 Å². The monoisotopic (exact) mass is 862 g/mol. The van der Waals surface area contributed by atoms with Crippen LogP contribution in [-0.4, -0.2) is 88.5 Å². The second kappa shape index (κ2) is 21.9. The quantitative estimate of drug-likeness (QED) is 0.117. The SMILES string of the molecule is CCCCCCC[N+](C)(C)C1CCN(c2ccc(N)cc2)C1.CCCCCCC[N+](C)(C)C1CCN(c2ccc(N)cc2)C1.[I-].[I-]. The molecule has 2 aliphatic heterocycles. The van der Waals surface area contributed by atoms with Crippen molar-refractivity contribution in [3.05, 3.63) is 48.5 Å². The van der Waals surface area contributed by atoms with Gasteiger partial charge in [-0.1, -0.05) is 52.4 Å². The third-order valence-corrected chi connectivity index (χ3v) is 10.5. The molecule has 0 amide bonds. The summed E-state index contributed by atoms with van der Waals surface area (Å²) in [7, 11) is 9.65. The van der Waals surface area contributed by atoms with Crippen LogP contribution in [0.2, 0.25) is 0 Å². The summed E-state index contributed by atoms with van der Waals surface area (Å²) < 4.78 is 2.33. The molecule has 8 heteroatoms. The topological polar surface area (TPSA) is 58.5 Å². The van der Waals surface area contributed by atoms with Gasteiger partial charge in [-0.2, -0.15) is 0 Å². The molecule has 0 radical (unpaired) electrons. The number of anilines is 4. The van der Waals surface area contributed by atoms with E-state index in [1.165, 1.54) is 128 Å². The highest BCUT2D eigenvalue weighted by Gasteiger charge is 2.35. The largest absolute Gasteiger partial charge is 1.00 e. The van der Waals surface area contributed by atoms with Gasteiger partial charge in [0.05, 0.1) is 54.4 Å². The van der Waals surface area contributed by atoms with Gasteiger partial charge in [0.25, 0.3) is 0 Å². The van der Waals surface area contributed by atoms with Crippen LogP contribution in [0, 0.1) is 0 Å². The van der Waals surface area contributed by atoms with Crippen molar-refractivity contribution in [2.24, 2.45) is 0 Å². The van der Waals surface area contributed by atoms with Crippen LogP contribution in [0.5, 0.6) is 0 Å². The van der Waals surface area contributed by atoms with E-state index in [2.05, 4.69) is 76.1 Å². The van der Waals surface area contributed by atoms with E-state index >= 15 is 0 Å². The van der Waals surface area contributed by atoms with Crippen molar-refractivity contribution in [3.8, 4) is 0 Å². The Hall–Kier alpha value is -0.980. The first-order valence-electron chi connectivity index (χ1n) is 17.9. The van der Waals surface area contributed by atoms with Crippen molar-refractivity contribution in [1.82, 2.24) is 0 Å². The molecule has 2 aromatic carbocycles. The number of benzene rings is 2. The third kappa shape index (κ3) is 14.2. The van der Waals surface area contributed by atoms with E-state index in [1.807, 2.05) is 24.3 Å². The zero-order valence-corrected chi connectivity index (χ0v) is 34.5. The number of unbranched alkanes of at least 4 members (excludes halogenated alkanes) is 8. The number of quaternary nitrogens is 2. The predicted octanol–water partition coefficient (Wildman–Crippen LogP) is 1.80. The number of halogens is 2. The number of nitrogen functional groups attached to an aromatic ring is 2. The molecule has 2 aliphatic rings. The minimum atomic E-state index is 0. The Morgan fingerprint density at radius 2 is 0.870 bits per heavy atom. The lowest BCUT2D eigenvalue weighted by Crippen LogP contribution is -3.00. The van der Waals surface area contributed by atoms with Gasteiger partial charge in [0.1, 0.15) is 12.1 Å².